The van der Waals surface area contributed by atoms with Crippen LogP contribution in [0, 0.1) is 18.3 Å². The van der Waals surface area contributed by atoms with Crippen molar-refractivity contribution in [1.29, 1.82) is 0 Å². The molecule has 2 unspecified atom stereocenters. The van der Waals surface area contributed by atoms with Crippen LogP contribution in [-0.2, 0) is 6.54 Å². The molecule has 0 aliphatic heterocycles. The minimum Gasteiger partial charge on any atom is -0.393 e. The molecule has 0 bridgehead atoms. The maximum atomic E-state index is 11.9. The molecule has 0 spiro atoms. The highest BCUT2D eigenvalue weighted by Gasteiger charge is 2.22. The third kappa shape index (κ3) is 3.37. The summed E-state index contributed by atoms with van der Waals surface area (Å²) in [6, 6.07) is 0. The van der Waals surface area contributed by atoms with Gasteiger partial charge in [0.15, 0.2) is 0 Å². The second kappa shape index (κ2) is 6.22. The van der Waals surface area contributed by atoms with Gasteiger partial charge < -0.3 is 10.4 Å². The molecule has 19 heavy (non-hydrogen) atoms. The van der Waals surface area contributed by atoms with Crippen LogP contribution < -0.4 is 10.9 Å². The molecule has 1 aliphatic carbocycles. The Kier molecular flexibility index (Phi) is 4.61. The van der Waals surface area contributed by atoms with Crippen LogP contribution >= 0.6 is 15.9 Å². The third-order valence-corrected chi connectivity index (χ3v) is 4.09. The van der Waals surface area contributed by atoms with Crippen molar-refractivity contribution in [3.05, 3.63) is 21.0 Å². The summed E-state index contributed by atoms with van der Waals surface area (Å²) in [5.41, 5.74) is 0.425. The molecule has 1 saturated carbocycles. The molecule has 2 N–H and O–H groups in total. The lowest BCUT2D eigenvalue weighted by molar-refractivity contribution is 0.178. The highest BCUT2D eigenvalue weighted by Crippen LogP contribution is 2.26. The Morgan fingerprint density at radius 1 is 1.63 bits per heavy atom. The largest absolute Gasteiger partial charge is 0.393 e. The monoisotopic (exact) mass is 325 g/mol. The number of hydrogen-bond donors (Lipinski definition) is 2. The van der Waals surface area contributed by atoms with Crippen LogP contribution in [0.3, 0.4) is 0 Å². The van der Waals surface area contributed by atoms with Crippen LogP contribution in [0.25, 0.3) is 0 Å². The van der Waals surface area contributed by atoms with E-state index in [-0.39, 0.29) is 18.2 Å². The van der Waals surface area contributed by atoms with E-state index in [2.05, 4.69) is 32.3 Å². The zero-order chi connectivity index (χ0) is 13.8. The van der Waals surface area contributed by atoms with Gasteiger partial charge in [-0.1, -0.05) is 5.92 Å². The molecule has 0 saturated heterocycles. The average molecular weight is 326 g/mol. The van der Waals surface area contributed by atoms with Crippen molar-refractivity contribution in [1.82, 2.24) is 9.78 Å². The van der Waals surface area contributed by atoms with Gasteiger partial charge in [-0.25, -0.2) is 4.68 Å². The van der Waals surface area contributed by atoms with Gasteiger partial charge in [0.25, 0.3) is 5.56 Å². The Morgan fingerprint density at radius 2 is 2.42 bits per heavy atom. The number of hydrogen-bond acceptors (Lipinski definition) is 4. The van der Waals surface area contributed by atoms with E-state index in [1.807, 2.05) is 0 Å². The molecule has 1 fully saturated rings. The molecule has 2 atom stereocenters. The van der Waals surface area contributed by atoms with E-state index in [0.29, 0.717) is 16.1 Å². The second-order valence-corrected chi connectivity index (χ2v) is 5.55. The average Bonchev–Trinajstić information content (AvgIpc) is 2.80. The summed E-state index contributed by atoms with van der Waals surface area (Å²) in [5.74, 6) is 2.82. The number of aliphatic hydroxyl groups is 1. The van der Waals surface area contributed by atoms with E-state index in [1.165, 1.54) is 4.68 Å². The lowest BCUT2D eigenvalue weighted by atomic mass is 10.1. The van der Waals surface area contributed by atoms with Crippen LogP contribution in [0.1, 0.15) is 19.3 Å². The van der Waals surface area contributed by atoms with E-state index < -0.39 is 0 Å². The highest BCUT2D eigenvalue weighted by atomic mass is 79.9. The van der Waals surface area contributed by atoms with Crippen LogP contribution in [-0.4, -0.2) is 27.5 Å². The van der Waals surface area contributed by atoms with Crippen molar-refractivity contribution >= 4 is 21.6 Å². The molecule has 0 radical (unpaired) electrons. The normalized spacial score (nSPS) is 22.2. The number of aromatic nitrogens is 2. The van der Waals surface area contributed by atoms with E-state index in [9.17, 15) is 9.90 Å². The van der Waals surface area contributed by atoms with Gasteiger partial charge in [-0.15, -0.1) is 6.42 Å². The molecule has 1 aliphatic rings. The number of anilines is 1. The SMILES string of the molecule is C#CCn1ncc(NCC2CCC(O)C2)c(Br)c1=O. The quantitative estimate of drug-likeness (QED) is 0.817. The summed E-state index contributed by atoms with van der Waals surface area (Å²) in [7, 11) is 0. The first-order valence-corrected chi connectivity index (χ1v) is 7.02. The second-order valence-electron chi connectivity index (χ2n) is 4.75. The van der Waals surface area contributed by atoms with Gasteiger partial charge in [0.2, 0.25) is 0 Å². The van der Waals surface area contributed by atoms with Crippen molar-refractivity contribution in [3.63, 3.8) is 0 Å². The Morgan fingerprint density at radius 3 is 3.05 bits per heavy atom. The van der Waals surface area contributed by atoms with Crippen molar-refractivity contribution in [3.8, 4) is 12.3 Å². The van der Waals surface area contributed by atoms with Crippen LogP contribution in [0.2, 0.25) is 0 Å². The Bertz CT molecular complexity index is 550. The highest BCUT2D eigenvalue weighted by molar-refractivity contribution is 9.10. The van der Waals surface area contributed by atoms with Gasteiger partial charge in [0.1, 0.15) is 11.0 Å². The van der Waals surface area contributed by atoms with E-state index >= 15 is 0 Å². The molecule has 0 aromatic carbocycles. The summed E-state index contributed by atoms with van der Waals surface area (Å²) in [4.78, 5) is 11.9. The van der Waals surface area contributed by atoms with Crippen LogP contribution in [0.5, 0.6) is 0 Å². The third-order valence-electron chi connectivity index (χ3n) is 3.32. The fourth-order valence-corrected chi connectivity index (χ4v) is 2.72. The molecule has 6 heteroatoms. The first-order valence-electron chi connectivity index (χ1n) is 6.23. The summed E-state index contributed by atoms with van der Waals surface area (Å²) >= 11 is 3.27. The van der Waals surface area contributed by atoms with Crippen LogP contribution in [0.4, 0.5) is 5.69 Å². The van der Waals surface area contributed by atoms with Gasteiger partial charge in [0.05, 0.1) is 18.0 Å². The molecule has 1 heterocycles. The first kappa shape index (κ1) is 14.1. The van der Waals surface area contributed by atoms with Gasteiger partial charge >= 0.3 is 0 Å². The van der Waals surface area contributed by atoms with Crippen LogP contribution in [0.15, 0.2) is 15.5 Å². The number of terminal acetylenes is 1. The van der Waals surface area contributed by atoms with E-state index in [4.69, 9.17) is 6.42 Å². The number of nitrogens with one attached hydrogen (secondary N) is 1. The lowest BCUT2D eigenvalue weighted by Crippen LogP contribution is -2.25. The first-order chi connectivity index (χ1) is 9.11. The van der Waals surface area contributed by atoms with E-state index in [0.717, 1.165) is 25.8 Å². The number of aliphatic hydroxyl groups excluding tert-OH is 1. The number of halogens is 1. The molecule has 5 nitrogen and oxygen atoms in total. The minimum atomic E-state index is -0.241. The van der Waals surface area contributed by atoms with Gasteiger partial charge in [0, 0.05) is 6.54 Å². The Labute approximate surface area is 120 Å². The predicted molar refractivity (Wildman–Crippen MR) is 76.9 cm³/mol. The lowest BCUT2D eigenvalue weighted by Gasteiger charge is -2.13. The summed E-state index contributed by atoms with van der Waals surface area (Å²) in [5, 5.41) is 16.7. The minimum absolute atomic E-state index is 0.159. The predicted octanol–water partition coefficient (Wildman–Crippen LogP) is 1.21. The van der Waals surface area contributed by atoms with Gasteiger partial charge in [-0.2, -0.15) is 5.10 Å². The van der Waals surface area contributed by atoms with Crippen molar-refractivity contribution in [2.24, 2.45) is 5.92 Å². The summed E-state index contributed by atoms with van der Waals surface area (Å²) in [6.07, 6.45) is 9.25. The molecule has 1 aromatic heterocycles. The maximum Gasteiger partial charge on any atom is 0.284 e. The Hall–Kier alpha value is -1.32. The van der Waals surface area contributed by atoms with Crippen molar-refractivity contribution in [2.45, 2.75) is 31.9 Å². The van der Waals surface area contributed by atoms with Gasteiger partial charge in [-0.3, -0.25) is 4.79 Å². The number of rotatable bonds is 4. The van der Waals surface area contributed by atoms with E-state index in [1.54, 1.807) is 6.20 Å². The zero-order valence-electron chi connectivity index (χ0n) is 10.5. The Balaban J connectivity index is 2.03. The van der Waals surface area contributed by atoms with Crippen molar-refractivity contribution < 1.29 is 5.11 Å². The molecular weight excluding hydrogens is 310 g/mol. The fourth-order valence-electron chi connectivity index (χ4n) is 2.28. The molecule has 1 aromatic rings. The topological polar surface area (TPSA) is 67.2 Å². The maximum absolute atomic E-state index is 11.9. The summed E-state index contributed by atoms with van der Waals surface area (Å²) in [6.45, 7) is 0.891. The van der Waals surface area contributed by atoms with Gasteiger partial charge in [-0.05, 0) is 41.1 Å². The standard InChI is InChI=1S/C13H16BrN3O2/c1-2-5-17-13(19)12(14)11(8-16-17)15-7-9-3-4-10(18)6-9/h1,8-10,15,18H,3-7H2. The molecule has 2 rings (SSSR count). The van der Waals surface area contributed by atoms with Crippen molar-refractivity contribution in [2.75, 3.05) is 11.9 Å². The number of nitrogens with zero attached hydrogens (tertiary/aromatic N) is 2. The summed E-state index contributed by atoms with van der Waals surface area (Å²) < 4.78 is 1.67. The smallest absolute Gasteiger partial charge is 0.284 e. The fraction of sp³-hybridized carbons (Fsp3) is 0.538. The zero-order valence-corrected chi connectivity index (χ0v) is 12.1. The molecule has 102 valence electrons. The molecular formula is C13H16BrN3O2. The molecule has 0 amide bonds.